The molecule has 8 heteroatoms. The molecule has 0 fully saturated rings. The summed E-state index contributed by atoms with van der Waals surface area (Å²) in [6.45, 7) is 2.38. The molecule has 1 N–H and O–H groups in total. The lowest BCUT2D eigenvalue weighted by Gasteiger charge is -2.14. The van der Waals surface area contributed by atoms with Gasteiger partial charge in [0.1, 0.15) is 24.2 Å². The quantitative estimate of drug-likeness (QED) is 0.551. The van der Waals surface area contributed by atoms with Gasteiger partial charge >= 0.3 is 0 Å². The minimum Gasteiger partial charge on any atom is -0.487 e. The van der Waals surface area contributed by atoms with Crippen molar-refractivity contribution in [1.29, 1.82) is 0 Å². The Labute approximate surface area is 167 Å². The van der Waals surface area contributed by atoms with Gasteiger partial charge in [0.15, 0.2) is 11.5 Å². The number of thioether (sulfide) groups is 1. The molecule has 1 unspecified atom stereocenters. The van der Waals surface area contributed by atoms with Crippen molar-refractivity contribution in [3.8, 4) is 11.5 Å². The SMILES string of the molecule is CSc1ccccc1OCc1cc(C(=O)NCC(C)Oc2cccnc2)no1. The minimum absolute atomic E-state index is 0.193. The lowest BCUT2D eigenvalue weighted by Crippen LogP contribution is -2.33. The van der Waals surface area contributed by atoms with Crippen LogP contribution in [0.1, 0.15) is 23.2 Å². The van der Waals surface area contributed by atoms with Crippen LogP contribution in [0.15, 0.2) is 64.3 Å². The summed E-state index contributed by atoms with van der Waals surface area (Å²) in [6, 6.07) is 12.9. The Morgan fingerprint density at radius 2 is 2.14 bits per heavy atom. The summed E-state index contributed by atoms with van der Waals surface area (Å²) < 4.78 is 16.6. The van der Waals surface area contributed by atoms with Crippen LogP contribution >= 0.6 is 11.8 Å². The van der Waals surface area contributed by atoms with Gasteiger partial charge in [0, 0.05) is 17.2 Å². The highest BCUT2D eigenvalue weighted by molar-refractivity contribution is 7.98. The molecule has 0 aliphatic carbocycles. The van der Waals surface area contributed by atoms with Crippen LogP contribution in [0, 0.1) is 0 Å². The van der Waals surface area contributed by atoms with Crippen LogP contribution in [0.3, 0.4) is 0 Å². The van der Waals surface area contributed by atoms with E-state index in [1.807, 2.05) is 43.5 Å². The molecule has 2 aromatic heterocycles. The zero-order valence-electron chi connectivity index (χ0n) is 15.6. The second-order valence-electron chi connectivity index (χ2n) is 5.95. The molecule has 146 valence electrons. The van der Waals surface area contributed by atoms with Crippen LogP contribution in [-0.4, -0.2) is 35.0 Å². The Balaban J connectivity index is 1.48. The van der Waals surface area contributed by atoms with Gasteiger partial charge in [-0.25, -0.2) is 0 Å². The Hall–Kier alpha value is -3.00. The molecule has 0 aliphatic heterocycles. The van der Waals surface area contributed by atoms with Gasteiger partial charge < -0.3 is 19.3 Å². The molecule has 0 spiro atoms. The van der Waals surface area contributed by atoms with Crippen molar-refractivity contribution >= 4 is 17.7 Å². The highest BCUT2D eigenvalue weighted by Crippen LogP contribution is 2.27. The fraction of sp³-hybridized carbons (Fsp3) is 0.250. The van der Waals surface area contributed by atoms with Crippen molar-refractivity contribution in [2.75, 3.05) is 12.8 Å². The predicted molar refractivity (Wildman–Crippen MR) is 106 cm³/mol. The number of carbonyl (C=O) groups excluding carboxylic acids is 1. The molecular weight excluding hydrogens is 378 g/mol. The van der Waals surface area contributed by atoms with Gasteiger partial charge in [-0.3, -0.25) is 9.78 Å². The summed E-state index contributed by atoms with van der Waals surface area (Å²) in [5, 5.41) is 6.58. The third-order valence-corrected chi connectivity index (χ3v) is 4.53. The molecule has 0 radical (unpaired) electrons. The number of hydrogen-bond acceptors (Lipinski definition) is 7. The summed E-state index contributed by atoms with van der Waals surface area (Å²) in [5.41, 5.74) is 0.199. The molecule has 0 bridgehead atoms. The zero-order valence-corrected chi connectivity index (χ0v) is 16.4. The first kappa shape index (κ1) is 19.8. The van der Waals surface area contributed by atoms with Gasteiger partial charge in [0.2, 0.25) is 0 Å². The maximum atomic E-state index is 12.2. The first-order valence-electron chi connectivity index (χ1n) is 8.72. The predicted octanol–water partition coefficient (Wildman–Crippen LogP) is 3.57. The van der Waals surface area contributed by atoms with E-state index in [0.29, 0.717) is 18.1 Å². The number of benzene rings is 1. The van der Waals surface area contributed by atoms with Crippen molar-refractivity contribution in [2.45, 2.75) is 24.5 Å². The van der Waals surface area contributed by atoms with E-state index in [1.165, 1.54) is 0 Å². The van der Waals surface area contributed by atoms with E-state index < -0.39 is 0 Å². The Morgan fingerprint density at radius 1 is 1.29 bits per heavy atom. The summed E-state index contributed by atoms with van der Waals surface area (Å²) in [6.07, 6.45) is 5.06. The Bertz CT molecular complexity index is 901. The highest BCUT2D eigenvalue weighted by atomic mass is 32.2. The van der Waals surface area contributed by atoms with E-state index >= 15 is 0 Å². The minimum atomic E-state index is -0.332. The van der Waals surface area contributed by atoms with Crippen molar-refractivity contribution in [1.82, 2.24) is 15.5 Å². The van der Waals surface area contributed by atoms with E-state index in [2.05, 4.69) is 15.5 Å². The van der Waals surface area contributed by atoms with E-state index in [0.717, 1.165) is 10.6 Å². The third kappa shape index (κ3) is 5.50. The maximum absolute atomic E-state index is 12.2. The smallest absolute Gasteiger partial charge is 0.273 e. The second kappa shape index (κ2) is 9.80. The number of rotatable bonds is 9. The fourth-order valence-electron chi connectivity index (χ4n) is 2.39. The van der Waals surface area contributed by atoms with E-state index in [9.17, 15) is 4.79 Å². The average molecular weight is 399 g/mol. The van der Waals surface area contributed by atoms with Gasteiger partial charge in [-0.1, -0.05) is 17.3 Å². The molecule has 28 heavy (non-hydrogen) atoms. The number of para-hydroxylation sites is 1. The second-order valence-corrected chi connectivity index (χ2v) is 6.79. The zero-order chi connectivity index (χ0) is 19.8. The summed E-state index contributed by atoms with van der Waals surface area (Å²) in [4.78, 5) is 17.3. The molecular formula is C20H21N3O4S. The van der Waals surface area contributed by atoms with Crippen molar-refractivity contribution in [3.63, 3.8) is 0 Å². The molecule has 0 saturated carbocycles. The lowest BCUT2D eigenvalue weighted by molar-refractivity contribution is 0.0922. The number of carbonyl (C=O) groups is 1. The van der Waals surface area contributed by atoms with Gasteiger partial charge in [-0.2, -0.15) is 0 Å². The first-order chi connectivity index (χ1) is 13.7. The van der Waals surface area contributed by atoms with Gasteiger partial charge in [-0.05, 0) is 37.4 Å². The first-order valence-corrected chi connectivity index (χ1v) is 9.94. The molecule has 3 aromatic rings. The van der Waals surface area contributed by atoms with Crippen LogP contribution in [0.5, 0.6) is 11.5 Å². The molecule has 1 amide bonds. The van der Waals surface area contributed by atoms with Crippen LogP contribution in [-0.2, 0) is 6.61 Å². The average Bonchev–Trinajstić information content (AvgIpc) is 3.20. The van der Waals surface area contributed by atoms with Gasteiger partial charge in [0.05, 0.1) is 12.7 Å². The molecule has 0 saturated heterocycles. The monoisotopic (exact) mass is 399 g/mol. The summed E-state index contributed by atoms with van der Waals surface area (Å²) in [7, 11) is 0. The molecule has 1 aromatic carbocycles. The number of nitrogens with one attached hydrogen (secondary N) is 1. The summed E-state index contributed by atoms with van der Waals surface area (Å²) >= 11 is 1.60. The van der Waals surface area contributed by atoms with Crippen LogP contribution in [0.4, 0.5) is 0 Å². The number of ether oxygens (including phenoxy) is 2. The van der Waals surface area contributed by atoms with Crippen LogP contribution in [0.25, 0.3) is 0 Å². The van der Waals surface area contributed by atoms with E-state index in [1.54, 1.807) is 36.3 Å². The summed E-state index contributed by atoms with van der Waals surface area (Å²) in [5.74, 6) is 1.55. The fourth-order valence-corrected chi connectivity index (χ4v) is 2.94. The molecule has 3 rings (SSSR count). The lowest BCUT2D eigenvalue weighted by atomic mass is 10.3. The van der Waals surface area contributed by atoms with Crippen LogP contribution in [0.2, 0.25) is 0 Å². The van der Waals surface area contributed by atoms with Gasteiger partial charge in [0.25, 0.3) is 5.91 Å². The largest absolute Gasteiger partial charge is 0.487 e. The molecule has 1 atom stereocenters. The number of pyridine rings is 1. The normalized spacial score (nSPS) is 11.6. The highest BCUT2D eigenvalue weighted by Gasteiger charge is 2.15. The van der Waals surface area contributed by atoms with Crippen molar-refractivity contribution < 1.29 is 18.8 Å². The van der Waals surface area contributed by atoms with E-state index in [-0.39, 0.29) is 24.3 Å². The number of hydrogen-bond donors (Lipinski definition) is 1. The molecule has 2 heterocycles. The number of aromatic nitrogens is 2. The third-order valence-electron chi connectivity index (χ3n) is 3.75. The van der Waals surface area contributed by atoms with Crippen LogP contribution < -0.4 is 14.8 Å². The number of nitrogens with zero attached hydrogens (tertiary/aromatic N) is 2. The van der Waals surface area contributed by atoms with Crippen molar-refractivity contribution in [2.24, 2.45) is 0 Å². The molecule has 0 aliphatic rings. The van der Waals surface area contributed by atoms with Crippen molar-refractivity contribution in [3.05, 3.63) is 66.3 Å². The number of amides is 1. The standard InChI is InChI=1S/C20H21N3O4S/c1-14(26-15-6-5-9-21-12-15)11-22-20(24)17-10-16(27-23-17)13-25-18-7-3-4-8-19(18)28-2/h3-10,12,14H,11,13H2,1-2H3,(H,22,24). The molecule has 7 nitrogen and oxygen atoms in total. The van der Waals surface area contributed by atoms with Gasteiger partial charge in [-0.15, -0.1) is 11.8 Å². The topological polar surface area (TPSA) is 86.5 Å². The Kier molecular flexibility index (Phi) is 6.91. The maximum Gasteiger partial charge on any atom is 0.273 e. The Morgan fingerprint density at radius 3 is 2.93 bits per heavy atom. The van der Waals surface area contributed by atoms with E-state index in [4.69, 9.17) is 14.0 Å².